The van der Waals surface area contributed by atoms with Crippen molar-refractivity contribution in [3.8, 4) is 5.75 Å². The van der Waals surface area contributed by atoms with E-state index in [4.69, 9.17) is 10.5 Å². The summed E-state index contributed by atoms with van der Waals surface area (Å²) in [4.78, 5) is 0. The molecule has 0 saturated heterocycles. The third kappa shape index (κ3) is 3.90. The van der Waals surface area contributed by atoms with Crippen LogP contribution in [0.3, 0.4) is 0 Å². The summed E-state index contributed by atoms with van der Waals surface area (Å²) in [7, 11) is 1.70. The predicted octanol–water partition coefficient (Wildman–Crippen LogP) is 1.44. The third-order valence-corrected chi connectivity index (χ3v) is 2.36. The van der Waals surface area contributed by atoms with Crippen molar-refractivity contribution >= 4 is 0 Å². The number of rotatable bonds is 6. The zero-order chi connectivity index (χ0) is 11.1. The topological polar surface area (TPSA) is 47.3 Å². The van der Waals surface area contributed by atoms with Crippen molar-refractivity contribution in [3.63, 3.8) is 0 Å². The van der Waals surface area contributed by atoms with Gasteiger partial charge in [0, 0.05) is 6.54 Å². The lowest BCUT2D eigenvalue weighted by molar-refractivity contribution is 0.411. The lowest BCUT2D eigenvalue weighted by atomic mass is 10.1. The van der Waals surface area contributed by atoms with E-state index in [1.807, 2.05) is 6.92 Å². The van der Waals surface area contributed by atoms with Gasteiger partial charge in [0.1, 0.15) is 5.75 Å². The molecule has 1 aromatic rings. The van der Waals surface area contributed by atoms with Crippen LogP contribution in [-0.2, 0) is 6.54 Å². The van der Waals surface area contributed by atoms with Crippen molar-refractivity contribution < 1.29 is 4.74 Å². The van der Waals surface area contributed by atoms with E-state index in [1.165, 1.54) is 11.1 Å². The van der Waals surface area contributed by atoms with Gasteiger partial charge in [0.15, 0.2) is 0 Å². The van der Waals surface area contributed by atoms with Gasteiger partial charge in [0.25, 0.3) is 0 Å². The van der Waals surface area contributed by atoms with Crippen LogP contribution in [0.5, 0.6) is 5.75 Å². The first kappa shape index (κ1) is 12.0. The van der Waals surface area contributed by atoms with E-state index < -0.39 is 0 Å². The molecule has 84 valence electrons. The van der Waals surface area contributed by atoms with Crippen LogP contribution in [0.25, 0.3) is 0 Å². The summed E-state index contributed by atoms with van der Waals surface area (Å²) in [6.45, 7) is 4.62. The molecule has 0 aliphatic rings. The number of nitrogens with one attached hydrogen (secondary N) is 1. The standard InChI is InChI=1S/C12H20N2O/c1-10-4-5-11(8-12(10)15-2)9-14-7-3-6-13/h4-5,8,14H,3,6-7,9,13H2,1-2H3. The summed E-state index contributed by atoms with van der Waals surface area (Å²) < 4.78 is 5.27. The van der Waals surface area contributed by atoms with E-state index in [0.29, 0.717) is 0 Å². The van der Waals surface area contributed by atoms with Crippen LogP contribution in [0.1, 0.15) is 17.5 Å². The van der Waals surface area contributed by atoms with E-state index in [9.17, 15) is 0 Å². The van der Waals surface area contributed by atoms with Gasteiger partial charge < -0.3 is 15.8 Å². The van der Waals surface area contributed by atoms with Gasteiger partial charge in [-0.3, -0.25) is 0 Å². The average Bonchev–Trinajstić information content (AvgIpc) is 2.26. The summed E-state index contributed by atoms with van der Waals surface area (Å²) in [6.07, 6.45) is 1.02. The number of aryl methyl sites for hydroxylation is 1. The highest BCUT2D eigenvalue weighted by Gasteiger charge is 1.99. The maximum atomic E-state index is 5.41. The molecule has 0 saturated carbocycles. The van der Waals surface area contributed by atoms with Crippen LogP contribution in [0.4, 0.5) is 0 Å². The van der Waals surface area contributed by atoms with Crippen molar-refractivity contribution in [1.29, 1.82) is 0 Å². The molecule has 15 heavy (non-hydrogen) atoms. The van der Waals surface area contributed by atoms with Crippen LogP contribution in [0.15, 0.2) is 18.2 Å². The van der Waals surface area contributed by atoms with Crippen LogP contribution < -0.4 is 15.8 Å². The molecule has 0 bridgehead atoms. The highest BCUT2D eigenvalue weighted by Crippen LogP contribution is 2.18. The number of ether oxygens (including phenoxy) is 1. The van der Waals surface area contributed by atoms with E-state index in [2.05, 4.69) is 23.5 Å². The maximum absolute atomic E-state index is 5.41. The minimum Gasteiger partial charge on any atom is -0.496 e. The molecule has 0 aromatic heterocycles. The molecular formula is C12H20N2O. The van der Waals surface area contributed by atoms with Gasteiger partial charge in [-0.2, -0.15) is 0 Å². The van der Waals surface area contributed by atoms with E-state index in [-0.39, 0.29) is 0 Å². The summed E-state index contributed by atoms with van der Waals surface area (Å²) >= 11 is 0. The largest absolute Gasteiger partial charge is 0.496 e. The van der Waals surface area contributed by atoms with Gasteiger partial charge in [0.05, 0.1) is 7.11 Å². The molecule has 0 radical (unpaired) electrons. The first-order valence-corrected chi connectivity index (χ1v) is 5.32. The van der Waals surface area contributed by atoms with Crippen molar-refractivity contribution in [2.75, 3.05) is 20.2 Å². The molecule has 0 aliphatic heterocycles. The monoisotopic (exact) mass is 208 g/mol. The maximum Gasteiger partial charge on any atom is 0.122 e. The number of nitrogens with two attached hydrogens (primary N) is 1. The second-order valence-electron chi connectivity index (χ2n) is 3.62. The smallest absolute Gasteiger partial charge is 0.122 e. The van der Waals surface area contributed by atoms with Crippen LogP contribution >= 0.6 is 0 Å². The molecule has 0 atom stereocenters. The molecule has 3 N–H and O–H groups in total. The Kier molecular flexibility index (Phi) is 5.15. The molecule has 0 heterocycles. The number of hydrogen-bond acceptors (Lipinski definition) is 3. The minimum absolute atomic E-state index is 0.740. The Balaban J connectivity index is 2.47. The molecule has 0 spiro atoms. The van der Waals surface area contributed by atoms with Crippen LogP contribution in [0.2, 0.25) is 0 Å². The fourth-order valence-corrected chi connectivity index (χ4v) is 1.43. The van der Waals surface area contributed by atoms with E-state index >= 15 is 0 Å². The van der Waals surface area contributed by atoms with Gasteiger partial charge in [-0.25, -0.2) is 0 Å². The molecule has 3 nitrogen and oxygen atoms in total. The molecule has 0 aliphatic carbocycles. The Labute approximate surface area is 91.6 Å². The van der Waals surface area contributed by atoms with E-state index in [0.717, 1.165) is 31.8 Å². The molecule has 1 rings (SSSR count). The number of methoxy groups -OCH3 is 1. The minimum atomic E-state index is 0.740. The van der Waals surface area contributed by atoms with Crippen molar-refractivity contribution in [3.05, 3.63) is 29.3 Å². The molecule has 3 heteroatoms. The van der Waals surface area contributed by atoms with Gasteiger partial charge >= 0.3 is 0 Å². The zero-order valence-electron chi connectivity index (χ0n) is 9.55. The van der Waals surface area contributed by atoms with Gasteiger partial charge in [-0.05, 0) is 43.6 Å². The second kappa shape index (κ2) is 6.43. The fraction of sp³-hybridized carbons (Fsp3) is 0.500. The zero-order valence-corrected chi connectivity index (χ0v) is 9.55. The Hall–Kier alpha value is -1.06. The first-order valence-electron chi connectivity index (χ1n) is 5.32. The Morgan fingerprint density at radius 2 is 2.20 bits per heavy atom. The fourth-order valence-electron chi connectivity index (χ4n) is 1.43. The Morgan fingerprint density at radius 1 is 1.40 bits per heavy atom. The third-order valence-electron chi connectivity index (χ3n) is 2.36. The Bertz CT molecular complexity index is 300. The summed E-state index contributed by atoms with van der Waals surface area (Å²) in [5.41, 5.74) is 7.83. The SMILES string of the molecule is COc1cc(CNCCCN)ccc1C. The van der Waals surface area contributed by atoms with Crippen molar-refractivity contribution in [2.45, 2.75) is 19.9 Å². The molecule has 0 amide bonds. The lowest BCUT2D eigenvalue weighted by Gasteiger charge is -2.08. The van der Waals surface area contributed by atoms with Crippen LogP contribution in [0, 0.1) is 6.92 Å². The normalized spacial score (nSPS) is 10.3. The van der Waals surface area contributed by atoms with Crippen molar-refractivity contribution in [2.24, 2.45) is 5.73 Å². The number of hydrogen-bond donors (Lipinski definition) is 2. The number of benzene rings is 1. The predicted molar refractivity (Wildman–Crippen MR) is 63.1 cm³/mol. The van der Waals surface area contributed by atoms with E-state index in [1.54, 1.807) is 7.11 Å². The van der Waals surface area contributed by atoms with Gasteiger partial charge in [0.2, 0.25) is 0 Å². The van der Waals surface area contributed by atoms with Gasteiger partial charge in [-0.1, -0.05) is 12.1 Å². The Morgan fingerprint density at radius 3 is 2.87 bits per heavy atom. The highest BCUT2D eigenvalue weighted by molar-refractivity contribution is 5.36. The second-order valence-corrected chi connectivity index (χ2v) is 3.62. The molecule has 0 unspecified atom stereocenters. The van der Waals surface area contributed by atoms with Gasteiger partial charge in [-0.15, -0.1) is 0 Å². The summed E-state index contributed by atoms with van der Waals surface area (Å²) in [5, 5.41) is 3.34. The summed E-state index contributed by atoms with van der Waals surface area (Å²) in [5.74, 6) is 0.952. The molecule has 0 fully saturated rings. The molecular weight excluding hydrogens is 188 g/mol. The summed E-state index contributed by atoms with van der Waals surface area (Å²) in [6, 6.07) is 6.27. The quantitative estimate of drug-likeness (QED) is 0.695. The van der Waals surface area contributed by atoms with Crippen LogP contribution in [-0.4, -0.2) is 20.2 Å². The van der Waals surface area contributed by atoms with Crippen molar-refractivity contribution in [1.82, 2.24) is 5.32 Å². The average molecular weight is 208 g/mol. The molecule has 1 aromatic carbocycles. The first-order chi connectivity index (χ1) is 7.27. The highest BCUT2D eigenvalue weighted by atomic mass is 16.5. The lowest BCUT2D eigenvalue weighted by Crippen LogP contribution is -2.17.